The normalized spacial score (nSPS) is 17.2. The fourth-order valence-electron chi connectivity index (χ4n) is 2.38. The molecule has 1 aromatic carbocycles. The Hall–Kier alpha value is -0.930. The largest absolute Gasteiger partial charge is 0.484 e. The molecule has 1 N–H and O–H groups in total. The summed E-state index contributed by atoms with van der Waals surface area (Å²) in [5, 5.41) is 3.59. The topological polar surface area (TPSA) is 38.3 Å². The molecule has 0 aromatic heterocycles. The molecule has 104 valence electrons. The van der Waals surface area contributed by atoms with Gasteiger partial charge in [-0.1, -0.05) is 30.5 Å². The van der Waals surface area contributed by atoms with Crippen molar-refractivity contribution in [3.63, 3.8) is 0 Å². The summed E-state index contributed by atoms with van der Waals surface area (Å²) in [5.74, 6) is 0.909. The molecule has 5 heteroatoms. The average Bonchev–Trinajstić information content (AvgIpc) is 2.86. The second kappa shape index (κ2) is 6.49. The molecule has 0 bridgehead atoms. The maximum atomic E-state index is 11.9. The number of rotatable bonds is 5. The predicted molar refractivity (Wildman–Crippen MR) is 77.0 cm³/mol. The molecule has 1 aromatic rings. The highest BCUT2D eigenvalue weighted by Crippen LogP contribution is 2.30. The molecule has 0 saturated heterocycles. The molecule has 0 unspecified atom stereocenters. The second-order valence-electron chi connectivity index (χ2n) is 4.92. The van der Waals surface area contributed by atoms with Crippen LogP contribution in [0.1, 0.15) is 25.7 Å². The van der Waals surface area contributed by atoms with Crippen LogP contribution < -0.4 is 10.1 Å². The van der Waals surface area contributed by atoms with Gasteiger partial charge in [0.2, 0.25) is 0 Å². The minimum atomic E-state index is -0.240. The number of nitrogens with one attached hydrogen (secondary N) is 1. The van der Waals surface area contributed by atoms with Crippen LogP contribution in [0, 0.1) is 0 Å². The monoisotopic (exact) mass is 301 g/mol. The van der Waals surface area contributed by atoms with Gasteiger partial charge in [0.25, 0.3) is 5.91 Å². The first-order chi connectivity index (χ1) is 9.13. The van der Waals surface area contributed by atoms with Gasteiger partial charge >= 0.3 is 0 Å². The summed E-state index contributed by atoms with van der Waals surface area (Å²) in [6, 6.07) is 7.00. The first-order valence-electron chi connectivity index (χ1n) is 6.39. The number of hydrogen-bond donors (Lipinski definition) is 1. The first kappa shape index (κ1) is 14.5. The minimum Gasteiger partial charge on any atom is -0.484 e. The Kier molecular flexibility index (Phi) is 4.94. The molecule has 1 amide bonds. The Bertz CT molecular complexity index is 445. The van der Waals surface area contributed by atoms with E-state index in [9.17, 15) is 4.79 Å². The number of alkyl halides is 1. The highest BCUT2D eigenvalue weighted by molar-refractivity contribution is 6.30. The highest BCUT2D eigenvalue weighted by atomic mass is 35.5. The zero-order chi connectivity index (χ0) is 13.7. The van der Waals surface area contributed by atoms with E-state index in [1.165, 1.54) is 0 Å². The van der Waals surface area contributed by atoms with Gasteiger partial charge in [-0.15, -0.1) is 11.6 Å². The maximum Gasteiger partial charge on any atom is 0.258 e. The third-order valence-electron chi connectivity index (χ3n) is 3.39. The molecular weight excluding hydrogens is 285 g/mol. The molecular formula is C14H17Cl2NO2. The molecule has 1 aliphatic carbocycles. The Labute approximate surface area is 123 Å². The molecule has 0 atom stereocenters. The van der Waals surface area contributed by atoms with E-state index >= 15 is 0 Å². The van der Waals surface area contributed by atoms with Crippen molar-refractivity contribution in [1.29, 1.82) is 0 Å². The van der Waals surface area contributed by atoms with E-state index in [0.717, 1.165) is 25.7 Å². The molecule has 0 aliphatic heterocycles. The minimum absolute atomic E-state index is 0.0149. The van der Waals surface area contributed by atoms with Crippen LogP contribution in [-0.4, -0.2) is 23.9 Å². The lowest BCUT2D eigenvalue weighted by atomic mass is 10.0. The van der Waals surface area contributed by atoms with Gasteiger partial charge in [0.15, 0.2) is 6.61 Å². The number of halogens is 2. The first-order valence-corrected chi connectivity index (χ1v) is 7.30. The molecule has 0 radical (unpaired) electrons. The van der Waals surface area contributed by atoms with Gasteiger partial charge in [-0.25, -0.2) is 0 Å². The molecule has 0 spiro atoms. The van der Waals surface area contributed by atoms with E-state index in [4.69, 9.17) is 27.9 Å². The van der Waals surface area contributed by atoms with Crippen LogP contribution in [0.2, 0.25) is 5.02 Å². The fourth-order valence-corrected chi connectivity index (χ4v) is 2.90. The van der Waals surface area contributed by atoms with Crippen molar-refractivity contribution in [2.24, 2.45) is 0 Å². The van der Waals surface area contributed by atoms with Crippen LogP contribution in [-0.2, 0) is 4.79 Å². The van der Waals surface area contributed by atoms with Crippen molar-refractivity contribution in [3.05, 3.63) is 29.3 Å². The predicted octanol–water partition coefficient (Wildman–Crippen LogP) is 3.39. The van der Waals surface area contributed by atoms with Gasteiger partial charge in [-0.3, -0.25) is 4.79 Å². The zero-order valence-electron chi connectivity index (χ0n) is 10.6. The summed E-state index contributed by atoms with van der Waals surface area (Å²) in [7, 11) is 0. The van der Waals surface area contributed by atoms with Gasteiger partial charge in [0, 0.05) is 10.9 Å². The van der Waals surface area contributed by atoms with Crippen LogP contribution in [0.15, 0.2) is 24.3 Å². The van der Waals surface area contributed by atoms with E-state index in [1.807, 2.05) is 0 Å². The number of ether oxygens (including phenoxy) is 1. The summed E-state index contributed by atoms with van der Waals surface area (Å²) < 4.78 is 5.41. The third-order valence-corrected chi connectivity index (χ3v) is 4.13. The molecule has 3 nitrogen and oxygen atoms in total. The van der Waals surface area contributed by atoms with Gasteiger partial charge < -0.3 is 10.1 Å². The second-order valence-corrected chi connectivity index (χ2v) is 5.62. The van der Waals surface area contributed by atoms with Crippen LogP contribution in [0.5, 0.6) is 5.75 Å². The highest BCUT2D eigenvalue weighted by Gasteiger charge is 2.34. The lowest BCUT2D eigenvalue weighted by Gasteiger charge is -2.27. The summed E-state index contributed by atoms with van der Waals surface area (Å²) in [6.07, 6.45) is 4.11. The van der Waals surface area contributed by atoms with Crippen LogP contribution in [0.25, 0.3) is 0 Å². The quantitative estimate of drug-likeness (QED) is 0.847. The lowest BCUT2D eigenvalue weighted by Crippen LogP contribution is -2.49. The number of amides is 1. The average molecular weight is 302 g/mol. The van der Waals surface area contributed by atoms with Crippen LogP contribution >= 0.6 is 23.2 Å². The Balaban J connectivity index is 1.84. The van der Waals surface area contributed by atoms with E-state index in [2.05, 4.69) is 5.32 Å². The molecule has 2 rings (SSSR count). The number of hydrogen-bond acceptors (Lipinski definition) is 2. The van der Waals surface area contributed by atoms with Crippen molar-refractivity contribution >= 4 is 29.1 Å². The van der Waals surface area contributed by atoms with Crippen molar-refractivity contribution in [1.82, 2.24) is 5.32 Å². The molecule has 0 heterocycles. The van der Waals surface area contributed by atoms with Crippen molar-refractivity contribution in [3.8, 4) is 5.75 Å². The number of carbonyl (C=O) groups is 1. The standard InChI is InChI=1S/C14H17Cl2NO2/c15-10-14(6-1-2-7-14)17-13(18)9-19-12-5-3-4-11(16)8-12/h3-5,8H,1-2,6-7,9-10H2,(H,17,18). The van der Waals surface area contributed by atoms with Gasteiger partial charge in [-0.05, 0) is 31.0 Å². The van der Waals surface area contributed by atoms with Gasteiger partial charge in [0.1, 0.15) is 5.75 Å². The number of carbonyl (C=O) groups excluding carboxylic acids is 1. The Morgan fingerprint density at radius 3 is 2.74 bits per heavy atom. The van der Waals surface area contributed by atoms with Crippen molar-refractivity contribution < 1.29 is 9.53 Å². The summed E-state index contributed by atoms with van der Waals surface area (Å²) >= 11 is 11.8. The fraction of sp³-hybridized carbons (Fsp3) is 0.500. The van der Waals surface area contributed by atoms with Gasteiger partial charge in [0.05, 0.1) is 5.54 Å². The van der Waals surface area contributed by atoms with Gasteiger partial charge in [-0.2, -0.15) is 0 Å². The van der Waals surface area contributed by atoms with Crippen molar-refractivity contribution in [2.45, 2.75) is 31.2 Å². The van der Waals surface area contributed by atoms with Crippen LogP contribution in [0.4, 0.5) is 0 Å². The van der Waals surface area contributed by atoms with Crippen molar-refractivity contribution in [2.75, 3.05) is 12.5 Å². The van der Waals surface area contributed by atoms with E-state index in [-0.39, 0.29) is 18.1 Å². The van der Waals surface area contributed by atoms with E-state index in [1.54, 1.807) is 24.3 Å². The molecule has 1 fully saturated rings. The molecule has 1 saturated carbocycles. The Morgan fingerprint density at radius 1 is 1.37 bits per heavy atom. The Morgan fingerprint density at radius 2 is 2.11 bits per heavy atom. The lowest BCUT2D eigenvalue weighted by molar-refractivity contribution is -0.124. The van der Waals surface area contributed by atoms with E-state index < -0.39 is 0 Å². The summed E-state index contributed by atoms with van der Waals surface area (Å²) in [5.41, 5.74) is -0.240. The maximum absolute atomic E-state index is 11.9. The van der Waals surface area contributed by atoms with Crippen LogP contribution in [0.3, 0.4) is 0 Å². The SMILES string of the molecule is O=C(COc1cccc(Cl)c1)NC1(CCl)CCCC1. The van der Waals surface area contributed by atoms with E-state index in [0.29, 0.717) is 16.7 Å². The molecule has 1 aliphatic rings. The smallest absolute Gasteiger partial charge is 0.258 e. The molecule has 19 heavy (non-hydrogen) atoms. The zero-order valence-corrected chi connectivity index (χ0v) is 12.1. The number of benzene rings is 1. The third kappa shape index (κ3) is 4.02. The summed E-state index contributed by atoms with van der Waals surface area (Å²) in [6.45, 7) is -0.0149. The summed E-state index contributed by atoms with van der Waals surface area (Å²) in [4.78, 5) is 11.9.